The van der Waals surface area contributed by atoms with Crippen molar-refractivity contribution in [1.29, 1.82) is 0 Å². The number of carboxylic acids is 1. The number of nitrogens with one attached hydrogen (secondary N) is 2. The quantitative estimate of drug-likeness (QED) is 0.0145. The lowest BCUT2D eigenvalue weighted by molar-refractivity contribution is -0.438. The lowest BCUT2D eigenvalue weighted by Crippen LogP contribution is -2.53. The van der Waals surface area contributed by atoms with Crippen LogP contribution in [0.4, 0.5) is 11.4 Å². The van der Waals surface area contributed by atoms with E-state index in [0.717, 1.165) is 18.4 Å². The Morgan fingerprint density at radius 1 is 0.692 bits per heavy atom. The molecule has 2 aliphatic heterocycles. The molecule has 3 aliphatic rings. The molecular formula is C66H85N4O17S4+. The van der Waals surface area contributed by atoms with Crippen molar-refractivity contribution in [2.75, 3.05) is 29.5 Å². The molecule has 2 amide bonds. The highest BCUT2D eigenvalue weighted by Gasteiger charge is 2.45. The molecule has 21 nitrogen and oxygen atoms in total. The summed E-state index contributed by atoms with van der Waals surface area (Å²) in [6.07, 6.45) is 11.8. The first-order valence-corrected chi connectivity index (χ1v) is 36.5. The van der Waals surface area contributed by atoms with Crippen molar-refractivity contribution in [3.8, 4) is 5.75 Å². The van der Waals surface area contributed by atoms with E-state index in [0.29, 0.717) is 100 Å². The molecule has 0 bridgehead atoms. The van der Waals surface area contributed by atoms with Gasteiger partial charge in [-0.05, 0) is 153 Å². The Hall–Kier alpha value is -6.84. The number of hydrogen-bond donors (Lipinski definition) is 7. The number of fused-ring (bicyclic) bond motifs is 2. The van der Waals surface area contributed by atoms with Crippen LogP contribution in [-0.2, 0) is 78.5 Å². The third-order valence-corrected chi connectivity index (χ3v) is 20.2. The number of aliphatic carboxylic acids is 1. The van der Waals surface area contributed by atoms with Gasteiger partial charge in [0.1, 0.15) is 30.1 Å². The number of anilines is 1. The van der Waals surface area contributed by atoms with Crippen molar-refractivity contribution in [2.45, 2.75) is 165 Å². The van der Waals surface area contributed by atoms with E-state index in [-0.39, 0.29) is 66.3 Å². The molecule has 25 heteroatoms. The van der Waals surface area contributed by atoms with Gasteiger partial charge in [0.2, 0.25) is 17.5 Å². The van der Waals surface area contributed by atoms with Crippen LogP contribution in [0, 0.1) is 11.3 Å². The van der Waals surface area contributed by atoms with E-state index in [2.05, 4.69) is 24.5 Å². The maximum Gasteiger partial charge on any atom is 0.326 e. The normalized spacial score (nSPS) is 17.6. The van der Waals surface area contributed by atoms with Crippen LogP contribution in [0.2, 0.25) is 0 Å². The van der Waals surface area contributed by atoms with Crippen LogP contribution in [-0.4, -0.2) is 122 Å². The monoisotopic (exact) mass is 1330 g/mol. The minimum Gasteiger partial charge on any atom is -0.480 e. The highest BCUT2D eigenvalue weighted by Crippen LogP contribution is 2.49. The molecule has 0 radical (unpaired) electrons. The second-order valence-corrected chi connectivity index (χ2v) is 31.9. The number of carboxylic acid groups (broad SMARTS) is 1. The van der Waals surface area contributed by atoms with Crippen molar-refractivity contribution in [3.05, 3.63) is 160 Å². The Kier molecular flexibility index (Phi) is 22.8. The highest BCUT2D eigenvalue weighted by atomic mass is 32.2. The minimum absolute atomic E-state index is 0.112. The smallest absolute Gasteiger partial charge is 0.326 e. The summed E-state index contributed by atoms with van der Waals surface area (Å²) in [6.45, 7) is 16.3. The molecule has 0 saturated heterocycles. The van der Waals surface area contributed by atoms with Gasteiger partial charge in [0.05, 0.1) is 26.7 Å². The topological polar surface area (TPSA) is 328 Å². The molecule has 0 saturated carbocycles. The van der Waals surface area contributed by atoms with Crippen molar-refractivity contribution < 1.29 is 80.7 Å². The minimum atomic E-state index is -4.62. The number of hydrogen-bond acceptors (Lipinski definition) is 13. The number of carbonyl (C=O) groups excluding carboxylic acids is 2. The van der Waals surface area contributed by atoms with E-state index in [9.17, 15) is 71.4 Å². The van der Waals surface area contributed by atoms with Gasteiger partial charge in [-0.2, -0.15) is 38.2 Å². The van der Waals surface area contributed by atoms with E-state index in [4.69, 9.17) is 4.74 Å². The molecule has 1 aliphatic carbocycles. The second kappa shape index (κ2) is 29.0. The molecule has 4 aromatic carbocycles. The second-order valence-electron chi connectivity index (χ2n) is 26.0. The predicted octanol–water partition coefficient (Wildman–Crippen LogP) is 10.3. The van der Waals surface area contributed by atoms with Gasteiger partial charge in [0.15, 0.2) is 5.71 Å². The van der Waals surface area contributed by atoms with Crippen LogP contribution < -0.4 is 20.3 Å². The number of benzene rings is 4. The van der Waals surface area contributed by atoms with Gasteiger partial charge in [-0.1, -0.05) is 96.5 Å². The van der Waals surface area contributed by atoms with Crippen LogP contribution >= 0.6 is 0 Å². The SMILES string of the molecule is CC(C)CCC(C)(C)CC(=O)NC(Cc1ccccc1)C(=O)N[C@@H](Cc1ccc(OC2=C(/C=C/C3=[N+](CCCCS(=O)(=O)O)c4ccc(S(=O)(=O)O)cc4C3(C)C)CCC/C2=C\C=C2\N(CCCCS(=O)(=O)O)c3ccc(S(=O)(=O)O)cc3C2(C)C)cc1)C(=O)O. The molecule has 4 aromatic rings. The average molecular weight is 1330 g/mol. The Labute approximate surface area is 535 Å². The molecule has 0 aromatic heterocycles. The Bertz CT molecular complexity index is 4020. The van der Waals surface area contributed by atoms with Crippen LogP contribution in [0.3, 0.4) is 0 Å². The summed E-state index contributed by atoms with van der Waals surface area (Å²) in [7, 11) is -17.8. The van der Waals surface area contributed by atoms with E-state index >= 15 is 0 Å². The van der Waals surface area contributed by atoms with Crippen molar-refractivity contribution in [2.24, 2.45) is 11.3 Å². The number of ether oxygens (including phenoxy) is 1. The van der Waals surface area contributed by atoms with Crippen LogP contribution in [0.5, 0.6) is 5.75 Å². The first-order valence-electron chi connectivity index (χ1n) is 30.4. The van der Waals surface area contributed by atoms with Crippen molar-refractivity contribution in [3.63, 3.8) is 0 Å². The standard InChI is InChI=1S/C66H84N4O17S4/c1-44(2)33-34-64(3,4)43-60(71)67-54(39-45-17-10-9-11-18-45)62(72)68-55(63(73)74)40-46-21-25-49(26-22-46)87-61-47(23-31-58-65(5,6)52-41-50(90(81,82)83)27-29-56(52)69(58)35-12-14-37-88(75,76)77)19-16-20-48(61)24-32-59-66(7,8)53-42-51(91(84,85)86)28-30-57(53)70(59)36-13-15-38-89(78,79)80/h9-11,17-18,21-32,41-42,44,54-55H,12-16,19-20,33-40,43H2,1-8H3,(H6-,67,68,71,72,73,74,75,76,77,78,79,80,81,82,83,84,85,86)/p+1/t54?,55-/m0/s1. The summed E-state index contributed by atoms with van der Waals surface area (Å²) in [5.41, 5.74) is 4.31. The highest BCUT2D eigenvalue weighted by molar-refractivity contribution is 7.86. The molecule has 2 atom stereocenters. The number of amides is 2. The fourth-order valence-electron chi connectivity index (χ4n) is 12.0. The number of unbranched alkanes of at least 4 members (excludes halogenated alkanes) is 2. The molecule has 0 spiro atoms. The van der Waals surface area contributed by atoms with Gasteiger partial charge >= 0.3 is 5.97 Å². The first-order chi connectivity index (χ1) is 42.3. The van der Waals surface area contributed by atoms with Crippen LogP contribution in [0.15, 0.2) is 148 Å². The lowest BCUT2D eigenvalue weighted by Gasteiger charge is -2.27. The molecule has 1 unspecified atom stereocenters. The summed E-state index contributed by atoms with van der Waals surface area (Å²) in [5.74, 6) is -2.03. The molecule has 494 valence electrons. The van der Waals surface area contributed by atoms with E-state index < -0.39 is 86.8 Å². The molecule has 7 rings (SSSR count). The van der Waals surface area contributed by atoms with Crippen molar-refractivity contribution >= 4 is 75.3 Å². The number of nitrogens with zero attached hydrogens (tertiary/aromatic N) is 2. The van der Waals surface area contributed by atoms with Gasteiger partial charge in [0, 0.05) is 66.7 Å². The Morgan fingerprint density at radius 2 is 1.29 bits per heavy atom. The lowest BCUT2D eigenvalue weighted by atomic mass is 9.81. The first kappa shape index (κ1) is 71.6. The van der Waals surface area contributed by atoms with Crippen LogP contribution in [0.25, 0.3) is 0 Å². The zero-order chi connectivity index (χ0) is 67.1. The van der Waals surface area contributed by atoms with Crippen LogP contribution in [0.1, 0.15) is 142 Å². The third-order valence-electron chi connectivity index (χ3n) is 16.9. The fraction of sp³-hybridized carbons (Fsp3) is 0.455. The summed E-state index contributed by atoms with van der Waals surface area (Å²) >= 11 is 0. The summed E-state index contributed by atoms with van der Waals surface area (Å²) in [5, 5.41) is 16.1. The summed E-state index contributed by atoms with van der Waals surface area (Å²) < 4.78 is 145. The maximum absolute atomic E-state index is 14.1. The summed E-state index contributed by atoms with van der Waals surface area (Å²) in [4.78, 5) is 42.0. The molecular weight excluding hydrogens is 1250 g/mol. The number of rotatable bonds is 30. The summed E-state index contributed by atoms with van der Waals surface area (Å²) in [6, 6.07) is 21.8. The van der Waals surface area contributed by atoms with E-state index in [1.807, 2.05) is 106 Å². The third kappa shape index (κ3) is 19.4. The van der Waals surface area contributed by atoms with Gasteiger partial charge in [0.25, 0.3) is 40.5 Å². The van der Waals surface area contributed by atoms with Gasteiger partial charge in [-0.3, -0.25) is 27.8 Å². The fourth-order valence-corrected chi connectivity index (χ4v) is 14.1. The molecule has 91 heavy (non-hydrogen) atoms. The van der Waals surface area contributed by atoms with E-state index in [1.165, 1.54) is 24.3 Å². The van der Waals surface area contributed by atoms with Crippen molar-refractivity contribution in [1.82, 2.24) is 10.6 Å². The molecule has 7 N–H and O–H groups in total. The number of allylic oxidation sites excluding steroid dienone is 7. The largest absolute Gasteiger partial charge is 0.480 e. The van der Waals surface area contributed by atoms with Gasteiger partial charge < -0.3 is 25.4 Å². The molecule has 0 fully saturated rings. The zero-order valence-corrected chi connectivity index (χ0v) is 55.9. The zero-order valence-electron chi connectivity index (χ0n) is 52.7. The number of carbonyl (C=O) groups is 3. The Balaban J connectivity index is 1.27. The van der Waals surface area contributed by atoms with E-state index in [1.54, 1.807) is 36.4 Å². The van der Waals surface area contributed by atoms with Gasteiger partial charge in [-0.25, -0.2) is 4.79 Å². The average Bonchev–Trinajstić information content (AvgIpc) is 1.60. The Morgan fingerprint density at radius 3 is 1.89 bits per heavy atom. The van der Waals surface area contributed by atoms with Gasteiger partial charge in [-0.15, -0.1) is 0 Å². The maximum atomic E-state index is 14.1. The molecule has 2 heterocycles. The predicted molar refractivity (Wildman–Crippen MR) is 348 cm³/mol.